The molecule has 1 atom stereocenters. The van der Waals surface area contributed by atoms with E-state index in [2.05, 4.69) is 0 Å². The maximum atomic E-state index is 12.1. The summed E-state index contributed by atoms with van der Waals surface area (Å²) in [5.74, 6) is -0.0895. The van der Waals surface area contributed by atoms with Gasteiger partial charge in [0.2, 0.25) is 5.91 Å². The van der Waals surface area contributed by atoms with Crippen molar-refractivity contribution in [3.63, 3.8) is 0 Å². The molecule has 2 nitrogen and oxygen atoms in total. The fraction of sp³-hybridized carbons (Fsp3) is 0.417. The van der Waals surface area contributed by atoms with E-state index in [0.717, 1.165) is 25.9 Å². The lowest BCUT2D eigenvalue weighted by atomic mass is 10.1. The van der Waals surface area contributed by atoms with Gasteiger partial charge < -0.3 is 4.90 Å². The molecule has 1 fully saturated rings. The van der Waals surface area contributed by atoms with Crippen molar-refractivity contribution in [2.24, 2.45) is 0 Å². The van der Waals surface area contributed by atoms with Crippen LogP contribution in [0.2, 0.25) is 10.0 Å². The molecular formula is C12H12Cl3NO. The molecule has 0 aliphatic carbocycles. The van der Waals surface area contributed by atoms with E-state index < -0.39 is 5.38 Å². The number of alkyl halides is 1. The molecule has 1 saturated heterocycles. The monoisotopic (exact) mass is 291 g/mol. The molecule has 17 heavy (non-hydrogen) atoms. The van der Waals surface area contributed by atoms with E-state index in [1.165, 1.54) is 0 Å². The average molecular weight is 293 g/mol. The Hall–Kier alpha value is -0.440. The van der Waals surface area contributed by atoms with Crippen molar-refractivity contribution in [3.8, 4) is 0 Å². The summed E-state index contributed by atoms with van der Waals surface area (Å²) in [6.07, 6.45) is 2.08. The van der Waals surface area contributed by atoms with Gasteiger partial charge in [0.05, 0.1) is 0 Å². The van der Waals surface area contributed by atoms with Crippen molar-refractivity contribution in [3.05, 3.63) is 33.8 Å². The lowest BCUT2D eigenvalue weighted by molar-refractivity contribution is -0.129. The van der Waals surface area contributed by atoms with Crippen LogP contribution in [0.4, 0.5) is 0 Å². The van der Waals surface area contributed by atoms with E-state index in [1.54, 1.807) is 23.1 Å². The number of hydrogen-bond acceptors (Lipinski definition) is 1. The normalized spacial score (nSPS) is 17.2. The summed E-state index contributed by atoms with van der Waals surface area (Å²) in [7, 11) is 0. The van der Waals surface area contributed by atoms with Crippen LogP contribution in [-0.4, -0.2) is 23.9 Å². The van der Waals surface area contributed by atoms with E-state index in [4.69, 9.17) is 34.8 Å². The maximum absolute atomic E-state index is 12.1. The van der Waals surface area contributed by atoms with Gasteiger partial charge in [-0.25, -0.2) is 0 Å². The molecule has 0 spiro atoms. The highest BCUT2D eigenvalue weighted by Crippen LogP contribution is 2.32. The number of benzene rings is 1. The lowest BCUT2D eigenvalue weighted by Crippen LogP contribution is -2.30. The standard InChI is InChI=1S/C12H12Cl3NO/c13-8-3-4-10(14)9(7-8)11(15)12(17)16-5-1-2-6-16/h3-4,7,11H,1-2,5-6H2. The molecule has 0 saturated carbocycles. The number of halogens is 3. The van der Waals surface area contributed by atoms with Gasteiger partial charge in [-0.05, 0) is 36.6 Å². The Morgan fingerprint density at radius 2 is 1.88 bits per heavy atom. The zero-order chi connectivity index (χ0) is 12.4. The van der Waals surface area contributed by atoms with Gasteiger partial charge in [0.1, 0.15) is 5.38 Å². The van der Waals surface area contributed by atoms with Crippen LogP contribution in [0.15, 0.2) is 18.2 Å². The summed E-state index contributed by atoms with van der Waals surface area (Å²) in [4.78, 5) is 13.9. The van der Waals surface area contributed by atoms with E-state index in [0.29, 0.717) is 15.6 Å². The predicted octanol–water partition coefficient (Wildman–Crippen LogP) is 3.90. The number of likely N-dealkylation sites (tertiary alicyclic amines) is 1. The van der Waals surface area contributed by atoms with Crippen LogP contribution in [-0.2, 0) is 4.79 Å². The third kappa shape index (κ3) is 2.87. The largest absolute Gasteiger partial charge is 0.341 e. The van der Waals surface area contributed by atoms with E-state index in [-0.39, 0.29) is 5.91 Å². The molecule has 1 aromatic rings. The van der Waals surface area contributed by atoms with Gasteiger partial charge in [-0.15, -0.1) is 11.6 Å². The average Bonchev–Trinajstić information content (AvgIpc) is 2.84. The highest BCUT2D eigenvalue weighted by Gasteiger charge is 2.27. The van der Waals surface area contributed by atoms with Gasteiger partial charge in [-0.3, -0.25) is 4.79 Å². The smallest absolute Gasteiger partial charge is 0.245 e. The number of rotatable bonds is 2. The molecule has 1 unspecified atom stereocenters. The summed E-state index contributed by atoms with van der Waals surface area (Å²) in [5, 5.41) is 0.255. The fourth-order valence-electron chi connectivity index (χ4n) is 1.94. The number of nitrogens with zero attached hydrogens (tertiary/aromatic N) is 1. The van der Waals surface area contributed by atoms with Crippen molar-refractivity contribution in [1.82, 2.24) is 4.90 Å². The highest BCUT2D eigenvalue weighted by molar-refractivity contribution is 6.37. The lowest BCUT2D eigenvalue weighted by Gasteiger charge is -2.19. The van der Waals surface area contributed by atoms with Crippen LogP contribution >= 0.6 is 34.8 Å². The van der Waals surface area contributed by atoms with Crippen LogP contribution < -0.4 is 0 Å². The van der Waals surface area contributed by atoms with Crippen LogP contribution in [0.25, 0.3) is 0 Å². The molecule has 1 aliphatic heterocycles. The molecule has 1 heterocycles. The van der Waals surface area contributed by atoms with Gasteiger partial charge in [0.25, 0.3) is 0 Å². The topological polar surface area (TPSA) is 20.3 Å². The summed E-state index contributed by atoms with van der Waals surface area (Å²) in [6, 6.07) is 4.98. The Labute approximate surface area is 115 Å². The third-order valence-corrected chi connectivity index (χ3v) is 3.87. The van der Waals surface area contributed by atoms with Crippen molar-refractivity contribution in [1.29, 1.82) is 0 Å². The molecule has 0 N–H and O–H groups in total. The number of carbonyl (C=O) groups excluding carboxylic acids is 1. The quantitative estimate of drug-likeness (QED) is 0.757. The van der Waals surface area contributed by atoms with Gasteiger partial charge in [-0.1, -0.05) is 23.2 Å². The third-order valence-electron chi connectivity index (χ3n) is 2.87. The van der Waals surface area contributed by atoms with E-state index in [9.17, 15) is 4.79 Å². The summed E-state index contributed by atoms with van der Waals surface area (Å²) >= 11 is 18.1. The van der Waals surface area contributed by atoms with Crippen molar-refractivity contribution >= 4 is 40.7 Å². The number of hydrogen-bond donors (Lipinski definition) is 0. The van der Waals surface area contributed by atoms with Gasteiger partial charge >= 0.3 is 0 Å². The minimum absolute atomic E-state index is 0.0895. The Kier molecular flexibility index (Phi) is 4.18. The predicted molar refractivity (Wildman–Crippen MR) is 70.9 cm³/mol. The highest BCUT2D eigenvalue weighted by atomic mass is 35.5. The van der Waals surface area contributed by atoms with Crippen LogP contribution in [0.5, 0.6) is 0 Å². The van der Waals surface area contributed by atoms with E-state index in [1.807, 2.05) is 0 Å². The van der Waals surface area contributed by atoms with Gasteiger partial charge in [-0.2, -0.15) is 0 Å². The van der Waals surface area contributed by atoms with Crippen molar-refractivity contribution < 1.29 is 4.79 Å². The zero-order valence-corrected chi connectivity index (χ0v) is 11.4. The summed E-state index contributed by atoms with van der Waals surface area (Å²) in [6.45, 7) is 1.56. The Balaban J connectivity index is 2.20. The van der Waals surface area contributed by atoms with Crippen molar-refractivity contribution in [2.45, 2.75) is 18.2 Å². The second kappa shape index (κ2) is 5.47. The minimum atomic E-state index is -0.751. The number of amides is 1. The second-order valence-corrected chi connectivity index (χ2v) is 5.34. The zero-order valence-electron chi connectivity index (χ0n) is 9.13. The van der Waals surface area contributed by atoms with E-state index >= 15 is 0 Å². The Morgan fingerprint density at radius 1 is 1.24 bits per heavy atom. The molecule has 5 heteroatoms. The molecule has 1 amide bonds. The fourth-order valence-corrected chi connectivity index (χ4v) is 2.72. The Bertz CT molecular complexity index is 430. The minimum Gasteiger partial charge on any atom is -0.341 e. The van der Waals surface area contributed by atoms with Crippen molar-refractivity contribution in [2.75, 3.05) is 13.1 Å². The van der Waals surface area contributed by atoms with Gasteiger partial charge in [0, 0.05) is 23.1 Å². The molecule has 1 aliphatic rings. The SMILES string of the molecule is O=C(C(Cl)c1cc(Cl)ccc1Cl)N1CCCC1. The second-order valence-electron chi connectivity index (χ2n) is 4.06. The van der Waals surface area contributed by atoms with Crippen LogP contribution in [0, 0.1) is 0 Å². The Morgan fingerprint density at radius 3 is 2.53 bits per heavy atom. The van der Waals surface area contributed by atoms with Gasteiger partial charge in [0.15, 0.2) is 0 Å². The maximum Gasteiger partial charge on any atom is 0.245 e. The first-order valence-corrected chi connectivity index (χ1v) is 6.66. The molecule has 2 rings (SSSR count). The number of carbonyl (C=O) groups is 1. The summed E-state index contributed by atoms with van der Waals surface area (Å²) < 4.78 is 0. The molecule has 92 valence electrons. The first kappa shape index (κ1) is 13.0. The molecule has 0 bridgehead atoms. The first-order valence-electron chi connectivity index (χ1n) is 5.47. The summed E-state index contributed by atoms with van der Waals surface area (Å²) in [5.41, 5.74) is 0.581. The molecular weight excluding hydrogens is 280 g/mol. The molecule has 0 aromatic heterocycles. The van der Waals surface area contributed by atoms with Crippen LogP contribution in [0.1, 0.15) is 23.8 Å². The molecule has 1 aromatic carbocycles. The molecule has 0 radical (unpaired) electrons. The van der Waals surface area contributed by atoms with Crippen LogP contribution in [0.3, 0.4) is 0 Å². The first-order chi connectivity index (χ1) is 8.09.